The SMILES string of the molecule is CCOCC(C)NC(=O)c1cc(C)cc(C#CCCO)c1. The number of benzene rings is 1. The minimum atomic E-state index is -0.129. The number of hydrogen-bond acceptors (Lipinski definition) is 3. The average Bonchev–Trinajstić information content (AvgIpc) is 2.44. The van der Waals surface area contributed by atoms with Gasteiger partial charge in [0.05, 0.1) is 13.2 Å². The molecule has 0 aliphatic carbocycles. The van der Waals surface area contributed by atoms with E-state index >= 15 is 0 Å². The van der Waals surface area contributed by atoms with Gasteiger partial charge in [0.2, 0.25) is 0 Å². The van der Waals surface area contributed by atoms with Crippen LogP contribution in [0.4, 0.5) is 0 Å². The highest BCUT2D eigenvalue weighted by atomic mass is 16.5. The summed E-state index contributed by atoms with van der Waals surface area (Å²) in [5.74, 6) is 5.69. The summed E-state index contributed by atoms with van der Waals surface area (Å²) in [7, 11) is 0. The number of amides is 1. The van der Waals surface area contributed by atoms with Crippen molar-refractivity contribution in [3.63, 3.8) is 0 Å². The summed E-state index contributed by atoms with van der Waals surface area (Å²) < 4.78 is 5.28. The molecule has 1 rings (SSSR count). The molecule has 0 aliphatic rings. The molecule has 1 atom stereocenters. The van der Waals surface area contributed by atoms with Gasteiger partial charge in [-0.15, -0.1) is 0 Å². The molecule has 0 saturated carbocycles. The van der Waals surface area contributed by atoms with Crippen molar-refractivity contribution >= 4 is 5.91 Å². The molecular weight excluding hydrogens is 266 g/mol. The van der Waals surface area contributed by atoms with E-state index in [1.807, 2.05) is 32.9 Å². The highest BCUT2D eigenvalue weighted by molar-refractivity contribution is 5.95. The number of carbonyl (C=O) groups excluding carboxylic acids is 1. The fraction of sp³-hybridized carbons (Fsp3) is 0.471. The molecule has 4 heteroatoms. The van der Waals surface area contributed by atoms with Crippen LogP contribution in [0.25, 0.3) is 0 Å². The van der Waals surface area contributed by atoms with Crippen molar-refractivity contribution in [1.29, 1.82) is 0 Å². The zero-order chi connectivity index (χ0) is 15.7. The summed E-state index contributed by atoms with van der Waals surface area (Å²) >= 11 is 0. The maximum absolute atomic E-state index is 12.2. The minimum absolute atomic E-state index is 0.0399. The maximum Gasteiger partial charge on any atom is 0.251 e. The Bertz CT molecular complexity index is 529. The Hall–Kier alpha value is -1.83. The molecule has 0 heterocycles. The van der Waals surface area contributed by atoms with Crippen LogP contribution in [0, 0.1) is 18.8 Å². The Morgan fingerprint density at radius 3 is 2.86 bits per heavy atom. The van der Waals surface area contributed by atoms with Gasteiger partial charge in [0.25, 0.3) is 5.91 Å². The monoisotopic (exact) mass is 289 g/mol. The van der Waals surface area contributed by atoms with Crippen LogP contribution in [-0.4, -0.2) is 36.9 Å². The molecule has 1 amide bonds. The molecule has 1 aromatic rings. The summed E-state index contributed by atoms with van der Waals surface area (Å²) in [5.41, 5.74) is 2.35. The fourth-order valence-electron chi connectivity index (χ4n) is 1.85. The van der Waals surface area contributed by atoms with Crippen LogP contribution in [0.15, 0.2) is 18.2 Å². The highest BCUT2D eigenvalue weighted by Gasteiger charge is 2.10. The van der Waals surface area contributed by atoms with Gasteiger partial charge in [-0.25, -0.2) is 0 Å². The molecule has 0 aromatic heterocycles. The van der Waals surface area contributed by atoms with Crippen LogP contribution in [0.5, 0.6) is 0 Å². The van der Waals surface area contributed by atoms with E-state index in [4.69, 9.17) is 9.84 Å². The number of hydrogen-bond donors (Lipinski definition) is 2. The van der Waals surface area contributed by atoms with E-state index in [1.165, 1.54) is 0 Å². The first-order valence-electron chi connectivity index (χ1n) is 7.16. The minimum Gasteiger partial charge on any atom is -0.395 e. The average molecular weight is 289 g/mol. The van der Waals surface area contributed by atoms with Crippen LogP contribution in [0.2, 0.25) is 0 Å². The Kier molecular flexibility index (Phi) is 7.52. The number of aryl methyl sites for hydroxylation is 1. The molecular formula is C17H23NO3. The molecule has 0 radical (unpaired) electrons. The van der Waals surface area contributed by atoms with Crippen LogP contribution < -0.4 is 5.32 Å². The molecule has 1 unspecified atom stereocenters. The molecule has 4 nitrogen and oxygen atoms in total. The number of nitrogens with one attached hydrogen (secondary N) is 1. The van der Waals surface area contributed by atoms with Crippen LogP contribution >= 0.6 is 0 Å². The summed E-state index contributed by atoms with van der Waals surface area (Å²) in [6.45, 7) is 6.93. The van der Waals surface area contributed by atoms with Crippen molar-refractivity contribution < 1.29 is 14.6 Å². The lowest BCUT2D eigenvalue weighted by Gasteiger charge is -2.14. The van der Waals surface area contributed by atoms with Crippen LogP contribution in [0.1, 0.15) is 41.8 Å². The van der Waals surface area contributed by atoms with Gasteiger partial charge in [-0.1, -0.05) is 11.8 Å². The van der Waals surface area contributed by atoms with Crippen molar-refractivity contribution in [2.75, 3.05) is 19.8 Å². The molecule has 0 spiro atoms. The maximum atomic E-state index is 12.2. The molecule has 2 N–H and O–H groups in total. The van der Waals surface area contributed by atoms with E-state index < -0.39 is 0 Å². The third-order valence-corrected chi connectivity index (χ3v) is 2.76. The molecule has 0 fully saturated rings. The third-order valence-electron chi connectivity index (χ3n) is 2.76. The van der Waals surface area contributed by atoms with Crippen LogP contribution in [-0.2, 0) is 4.74 Å². The fourth-order valence-corrected chi connectivity index (χ4v) is 1.85. The number of ether oxygens (including phenoxy) is 1. The molecule has 0 saturated heterocycles. The summed E-state index contributed by atoms with van der Waals surface area (Å²) in [5, 5.41) is 11.6. The van der Waals surface area contributed by atoms with E-state index in [-0.39, 0.29) is 18.6 Å². The summed E-state index contributed by atoms with van der Waals surface area (Å²) in [4.78, 5) is 12.2. The second-order valence-electron chi connectivity index (χ2n) is 4.90. The summed E-state index contributed by atoms with van der Waals surface area (Å²) in [6, 6.07) is 5.48. The van der Waals surface area contributed by atoms with Gasteiger partial charge in [0.15, 0.2) is 0 Å². The van der Waals surface area contributed by atoms with Crippen molar-refractivity contribution in [3.8, 4) is 11.8 Å². The van der Waals surface area contributed by atoms with Gasteiger partial charge in [-0.05, 0) is 44.5 Å². The quantitative estimate of drug-likeness (QED) is 0.786. The first-order chi connectivity index (χ1) is 10.1. The van der Waals surface area contributed by atoms with Gasteiger partial charge < -0.3 is 15.2 Å². The number of aliphatic hydroxyl groups excluding tert-OH is 1. The second kappa shape index (κ2) is 9.17. The van der Waals surface area contributed by atoms with Crippen molar-refractivity contribution in [2.45, 2.75) is 33.2 Å². The second-order valence-corrected chi connectivity index (χ2v) is 4.90. The van der Waals surface area contributed by atoms with E-state index in [9.17, 15) is 4.79 Å². The number of aliphatic hydroxyl groups is 1. The number of carbonyl (C=O) groups is 1. The van der Waals surface area contributed by atoms with Gasteiger partial charge >= 0.3 is 0 Å². The van der Waals surface area contributed by atoms with Gasteiger partial charge in [-0.2, -0.15) is 0 Å². The Balaban J connectivity index is 2.78. The number of rotatable bonds is 6. The first kappa shape index (κ1) is 17.2. The predicted octanol–water partition coefficient (Wildman–Crippen LogP) is 1.88. The van der Waals surface area contributed by atoms with E-state index in [1.54, 1.807) is 6.07 Å². The van der Waals surface area contributed by atoms with Crippen molar-refractivity contribution in [1.82, 2.24) is 5.32 Å². The smallest absolute Gasteiger partial charge is 0.251 e. The lowest BCUT2D eigenvalue weighted by Crippen LogP contribution is -2.36. The van der Waals surface area contributed by atoms with Gasteiger partial charge in [-0.3, -0.25) is 4.79 Å². The Morgan fingerprint density at radius 2 is 2.19 bits per heavy atom. The molecule has 0 aliphatic heterocycles. The first-order valence-corrected chi connectivity index (χ1v) is 7.16. The van der Waals surface area contributed by atoms with Crippen LogP contribution in [0.3, 0.4) is 0 Å². The summed E-state index contributed by atoms with van der Waals surface area (Å²) in [6.07, 6.45) is 0.431. The van der Waals surface area contributed by atoms with E-state index in [0.29, 0.717) is 25.2 Å². The zero-order valence-electron chi connectivity index (χ0n) is 12.9. The lowest BCUT2D eigenvalue weighted by atomic mass is 10.1. The predicted molar refractivity (Wildman–Crippen MR) is 83.2 cm³/mol. The highest BCUT2D eigenvalue weighted by Crippen LogP contribution is 2.09. The van der Waals surface area contributed by atoms with Crippen molar-refractivity contribution in [3.05, 3.63) is 34.9 Å². The van der Waals surface area contributed by atoms with E-state index in [0.717, 1.165) is 11.1 Å². The Labute approximate surface area is 126 Å². The normalized spacial score (nSPS) is 11.4. The topological polar surface area (TPSA) is 58.6 Å². The largest absolute Gasteiger partial charge is 0.395 e. The molecule has 1 aromatic carbocycles. The van der Waals surface area contributed by atoms with Gasteiger partial charge in [0.1, 0.15) is 0 Å². The Morgan fingerprint density at radius 1 is 1.43 bits per heavy atom. The zero-order valence-corrected chi connectivity index (χ0v) is 12.9. The molecule has 0 bridgehead atoms. The van der Waals surface area contributed by atoms with Gasteiger partial charge in [0, 0.05) is 30.2 Å². The lowest BCUT2D eigenvalue weighted by molar-refractivity contribution is 0.0872. The standard InChI is InChI=1S/C17H23NO3/c1-4-21-12-14(3)18-17(20)16-10-13(2)9-15(11-16)7-5-6-8-19/h9-11,14,19H,4,6,8,12H2,1-3H3,(H,18,20). The van der Waals surface area contributed by atoms with Crippen molar-refractivity contribution in [2.24, 2.45) is 0 Å². The third kappa shape index (κ3) is 6.44. The molecule has 114 valence electrons. The molecule has 21 heavy (non-hydrogen) atoms. The van der Waals surface area contributed by atoms with E-state index in [2.05, 4.69) is 17.2 Å².